The fraction of sp³-hybridized carbons (Fsp3) is 0.571. The molecule has 1 heterocycles. The van der Waals surface area contributed by atoms with Crippen molar-refractivity contribution in [3.05, 3.63) is 35.4 Å². The standard InChI is InChI=1S/C14H20F2N2O/c1-10(6-13-9-19-5-4-17-13)18-8-11-7-12(15)2-3-14(11)16/h2-3,7,10,13,17-18H,4-6,8-9H2,1H3. The van der Waals surface area contributed by atoms with Gasteiger partial charge in [-0.2, -0.15) is 0 Å². The number of ether oxygens (including phenoxy) is 1. The molecule has 1 fully saturated rings. The first-order valence-corrected chi connectivity index (χ1v) is 6.63. The fourth-order valence-electron chi connectivity index (χ4n) is 2.24. The minimum absolute atomic E-state index is 0.210. The summed E-state index contributed by atoms with van der Waals surface area (Å²) in [6, 6.07) is 4.06. The largest absolute Gasteiger partial charge is 0.379 e. The highest BCUT2D eigenvalue weighted by Crippen LogP contribution is 2.10. The number of hydrogen-bond acceptors (Lipinski definition) is 3. The Morgan fingerprint density at radius 3 is 3.05 bits per heavy atom. The van der Waals surface area contributed by atoms with Gasteiger partial charge in [0.2, 0.25) is 0 Å². The van der Waals surface area contributed by atoms with E-state index in [1.165, 1.54) is 6.07 Å². The van der Waals surface area contributed by atoms with E-state index in [-0.39, 0.29) is 11.9 Å². The van der Waals surface area contributed by atoms with Gasteiger partial charge >= 0.3 is 0 Å². The van der Waals surface area contributed by atoms with Crippen LogP contribution in [-0.4, -0.2) is 31.8 Å². The van der Waals surface area contributed by atoms with Crippen LogP contribution in [0.2, 0.25) is 0 Å². The fourth-order valence-corrected chi connectivity index (χ4v) is 2.24. The first-order valence-electron chi connectivity index (χ1n) is 6.63. The summed E-state index contributed by atoms with van der Waals surface area (Å²) in [4.78, 5) is 0. The summed E-state index contributed by atoms with van der Waals surface area (Å²) in [6.45, 7) is 4.70. The molecule has 0 amide bonds. The van der Waals surface area contributed by atoms with E-state index < -0.39 is 5.82 Å². The van der Waals surface area contributed by atoms with Crippen LogP contribution in [0.15, 0.2) is 18.2 Å². The average Bonchev–Trinajstić information content (AvgIpc) is 2.41. The maximum Gasteiger partial charge on any atom is 0.127 e. The molecule has 1 aromatic rings. The SMILES string of the molecule is CC(CC1COCCN1)NCc1cc(F)ccc1F. The number of rotatable bonds is 5. The molecule has 2 N–H and O–H groups in total. The second-order valence-corrected chi connectivity index (χ2v) is 4.98. The van der Waals surface area contributed by atoms with E-state index in [1.54, 1.807) is 0 Å². The van der Waals surface area contributed by atoms with E-state index >= 15 is 0 Å². The van der Waals surface area contributed by atoms with Gasteiger partial charge in [0.05, 0.1) is 13.2 Å². The molecule has 0 aromatic heterocycles. The molecule has 5 heteroatoms. The molecule has 19 heavy (non-hydrogen) atoms. The van der Waals surface area contributed by atoms with E-state index in [4.69, 9.17) is 4.74 Å². The van der Waals surface area contributed by atoms with Gasteiger partial charge in [-0.05, 0) is 31.5 Å². The third-order valence-corrected chi connectivity index (χ3v) is 3.29. The lowest BCUT2D eigenvalue weighted by molar-refractivity contribution is 0.0712. The second-order valence-electron chi connectivity index (χ2n) is 4.98. The highest BCUT2D eigenvalue weighted by atomic mass is 19.1. The van der Waals surface area contributed by atoms with Crippen LogP contribution in [0.5, 0.6) is 0 Å². The summed E-state index contributed by atoms with van der Waals surface area (Å²) in [7, 11) is 0. The maximum atomic E-state index is 13.4. The van der Waals surface area contributed by atoms with Gasteiger partial charge in [0.15, 0.2) is 0 Å². The number of benzene rings is 1. The van der Waals surface area contributed by atoms with Gasteiger partial charge < -0.3 is 15.4 Å². The zero-order chi connectivity index (χ0) is 13.7. The summed E-state index contributed by atoms with van der Waals surface area (Å²) in [5.74, 6) is -0.784. The molecular weight excluding hydrogens is 250 g/mol. The van der Waals surface area contributed by atoms with Crippen LogP contribution in [0.4, 0.5) is 8.78 Å². The second kappa shape index (κ2) is 6.93. The average molecular weight is 270 g/mol. The van der Waals surface area contributed by atoms with Gasteiger partial charge in [-0.3, -0.25) is 0 Å². The summed E-state index contributed by atoms with van der Waals surface area (Å²) in [5.41, 5.74) is 0.361. The van der Waals surface area contributed by atoms with Crippen molar-refractivity contribution in [1.29, 1.82) is 0 Å². The van der Waals surface area contributed by atoms with Gasteiger partial charge in [-0.25, -0.2) is 8.78 Å². The van der Waals surface area contributed by atoms with Crippen LogP contribution in [-0.2, 0) is 11.3 Å². The van der Waals surface area contributed by atoms with E-state index in [9.17, 15) is 8.78 Å². The van der Waals surface area contributed by atoms with E-state index in [0.717, 1.165) is 31.7 Å². The predicted molar refractivity (Wildman–Crippen MR) is 69.9 cm³/mol. The number of morpholine rings is 1. The minimum Gasteiger partial charge on any atom is -0.379 e. The van der Waals surface area contributed by atoms with Gasteiger partial charge in [0.1, 0.15) is 11.6 Å². The predicted octanol–water partition coefficient (Wildman–Crippen LogP) is 1.82. The molecular formula is C14H20F2N2O. The van der Waals surface area contributed by atoms with Crippen LogP contribution in [0.1, 0.15) is 18.9 Å². The minimum atomic E-state index is -0.409. The van der Waals surface area contributed by atoms with Gasteiger partial charge in [-0.15, -0.1) is 0 Å². The van der Waals surface area contributed by atoms with Crippen LogP contribution < -0.4 is 10.6 Å². The van der Waals surface area contributed by atoms with Crippen molar-refractivity contribution in [3.63, 3.8) is 0 Å². The quantitative estimate of drug-likeness (QED) is 0.856. The summed E-state index contributed by atoms with van der Waals surface area (Å²) in [6.07, 6.45) is 0.900. The zero-order valence-electron chi connectivity index (χ0n) is 11.1. The third kappa shape index (κ3) is 4.53. The van der Waals surface area contributed by atoms with E-state index in [1.807, 2.05) is 6.92 Å². The summed E-state index contributed by atoms with van der Waals surface area (Å²) >= 11 is 0. The zero-order valence-corrected chi connectivity index (χ0v) is 11.1. The monoisotopic (exact) mass is 270 g/mol. The highest BCUT2D eigenvalue weighted by Gasteiger charge is 2.16. The normalized spacial score (nSPS) is 21.3. The van der Waals surface area contributed by atoms with Crippen molar-refractivity contribution in [1.82, 2.24) is 10.6 Å². The first kappa shape index (κ1) is 14.4. The molecule has 1 aliphatic heterocycles. The number of halogens is 2. The van der Waals surface area contributed by atoms with E-state index in [0.29, 0.717) is 24.8 Å². The third-order valence-electron chi connectivity index (χ3n) is 3.29. The number of nitrogens with one attached hydrogen (secondary N) is 2. The number of hydrogen-bond donors (Lipinski definition) is 2. The van der Waals surface area contributed by atoms with Crippen molar-refractivity contribution in [2.45, 2.75) is 32.0 Å². The van der Waals surface area contributed by atoms with Crippen molar-refractivity contribution < 1.29 is 13.5 Å². The van der Waals surface area contributed by atoms with Crippen molar-refractivity contribution in [2.75, 3.05) is 19.8 Å². The molecule has 1 saturated heterocycles. The Kier molecular flexibility index (Phi) is 5.24. The van der Waals surface area contributed by atoms with Crippen molar-refractivity contribution in [2.24, 2.45) is 0 Å². The molecule has 1 aromatic carbocycles. The molecule has 0 aliphatic carbocycles. The van der Waals surface area contributed by atoms with Crippen molar-refractivity contribution in [3.8, 4) is 0 Å². The van der Waals surface area contributed by atoms with Gasteiger partial charge in [-0.1, -0.05) is 0 Å². The molecule has 2 unspecified atom stereocenters. The highest BCUT2D eigenvalue weighted by molar-refractivity contribution is 5.18. The van der Waals surface area contributed by atoms with Gasteiger partial charge in [0.25, 0.3) is 0 Å². The molecule has 2 rings (SSSR count). The Balaban J connectivity index is 1.79. The lowest BCUT2D eigenvalue weighted by atomic mass is 10.1. The van der Waals surface area contributed by atoms with Gasteiger partial charge in [0, 0.05) is 30.7 Å². The first-order chi connectivity index (χ1) is 9.15. The molecule has 0 saturated carbocycles. The Morgan fingerprint density at radius 1 is 1.47 bits per heavy atom. The van der Waals surface area contributed by atoms with Crippen LogP contribution >= 0.6 is 0 Å². The summed E-state index contributed by atoms with van der Waals surface area (Å²) in [5, 5.41) is 6.58. The van der Waals surface area contributed by atoms with E-state index in [2.05, 4.69) is 10.6 Å². The molecule has 0 radical (unpaired) electrons. The molecule has 106 valence electrons. The summed E-state index contributed by atoms with van der Waals surface area (Å²) < 4.78 is 31.8. The van der Waals surface area contributed by atoms with Crippen LogP contribution in [0.3, 0.4) is 0 Å². The molecule has 3 nitrogen and oxygen atoms in total. The Hall–Kier alpha value is -1.04. The molecule has 0 spiro atoms. The molecule has 2 atom stereocenters. The Bertz CT molecular complexity index is 408. The Labute approximate surface area is 112 Å². The lowest BCUT2D eigenvalue weighted by Gasteiger charge is -2.26. The molecule has 1 aliphatic rings. The topological polar surface area (TPSA) is 33.3 Å². The van der Waals surface area contributed by atoms with Crippen LogP contribution in [0, 0.1) is 11.6 Å². The maximum absolute atomic E-state index is 13.4. The van der Waals surface area contributed by atoms with Crippen molar-refractivity contribution >= 4 is 0 Å². The Morgan fingerprint density at radius 2 is 2.32 bits per heavy atom. The smallest absolute Gasteiger partial charge is 0.127 e. The lowest BCUT2D eigenvalue weighted by Crippen LogP contribution is -2.44. The molecule has 0 bridgehead atoms. The van der Waals surface area contributed by atoms with Crippen LogP contribution in [0.25, 0.3) is 0 Å².